The normalized spacial score (nSPS) is 15.0. The lowest BCUT2D eigenvalue weighted by molar-refractivity contribution is -0.136. The Kier molecular flexibility index (Phi) is 6.99. The summed E-state index contributed by atoms with van der Waals surface area (Å²) in [6, 6.07) is 8.33. The molecule has 0 heterocycles. The van der Waals surface area contributed by atoms with Gasteiger partial charge in [0.1, 0.15) is 5.75 Å². The lowest BCUT2D eigenvalue weighted by Crippen LogP contribution is -2.39. The van der Waals surface area contributed by atoms with Crippen LogP contribution in [0.15, 0.2) is 24.3 Å². The Morgan fingerprint density at radius 3 is 2.67 bits per heavy atom. The van der Waals surface area contributed by atoms with Crippen LogP contribution in [-0.4, -0.2) is 37.6 Å². The first kappa shape index (κ1) is 17.8. The number of hydrogen-bond donors (Lipinski definition) is 1. The Bertz CT molecular complexity index is 463. The monoisotopic (exact) mass is 312 g/mol. The van der Waals surface area contributed by atoms with Gasteiger partial charge >= 0.3 is 0 Å². The second-order valence-electron chi connectivity index (χ2n) is 5.47. The summed E-state index contributed by atoms with van der Waals surface area (Å²) < 4.78 is 5.38. The number of nitrogens with zero attached hydrogens (tertiary/aromatic N) is 1. The summed E-state index contributed by atoms with van der Waals surface area (Å²) in [5.41, 5.74) is 1.08. The largest absolute Gasteiger partial charge is 0.496 e. The van der Waals surface area contributed by atoms with Crippen molar-refractivity contribution in [2.45, 2.75) is 32.4 Å². The zero-order valence-electron chi connectivity index (χ0n) is 13.0. The summed E-state index contributed by atoms with van der Waals surface area (Å²) >= 11 is 0. The number of methoxy groups -OCH3 is 1. The summed E-state index contributed by atoms with van der Waals surface area (Å²) in [7, 11) is 3.55. The third-order valence-electron chi connectivity index (χ3n) is 3.74. The van der Waals surface area contributed by atoms with Gasteiger partial charge in [-0.15, -0.1) is 12.4 Å². The highest BCUT2D eigenvalue weighted by Crippen LogP contribution is 2.31. The molecule has 0 bridgehead atoms. The molecular formula is C16H25ClN2O2. The topological polar surface area (TPSA) is 41.6 Å². The Hall–Kier alpha value is -1.26. The molecule has 118 valence electrons. The second kappa shape index (κ2) is 8.25. The molecule has 1 amide bonds. The van der Waals surface area contributed by atoms with E-state index < -0.39 is 0 Å². The number of carbonyl (C=O) groups excluding carboxylic acids is 1. The third-order valence-corrected chi connectivity index (χ3v) is 3.74. The van der Waals surface area contributed by atoms with Crippen molar-refractivity contribution in [1.82, 2.24) is 10.2 Å². The maximum atomic E-state index is 12.6. The first-order valence-electron chi connectivity index (χ1n) is 7.24. The van der Waals surface area contributed by atoms with E-state index in [0.29, 0.717) is 19.1 Å². The molecule has 21 heavy (non-hydrogen) atoms. The van der Waals surface area contributed by atoms with Gasteiger partial charge < -0.3 is 15.0 Å². The molecule has 1 aliphatic carbocycles. The fourth-order valence-corrected chi connectivity index (χ4v) is 2.47. The van der Waals surface area contributed by atoms with Crippen molar-refractivity contribution in [3.63, 3.8) is 0 Å². The first-order valence-corrected chi connectivity index (χ1v) is 7.24. The number of rotatable bonds is 7. The molecule has 1 N–H and O–H groups in total. The Balaban J connectivity index is 0.00000220. The summed E-state index contributed by atoms with van der Waals surface area (Å²) in [5, 5.41) is 3.08. The first-order chi connectivity index (χ1) is 9.67. The van der Waals surface area contributed by atoms with E-state index in [-0.39, 0.29) is 24.2 Å². The molecule has 1 saturated carbocycles. The molecule has 1 fully saturated rings. The van der Waals surface area contributed by atoms with Crippen LogP contribution in [0.5, 0.6) is 5.75 Å². The van der Waals surface area contributed by atoms with E-state index in [1.165, 1.54) is 0 Å². The minimum Gasteiger partial charge on any atom is -0.496 e. The standard InChI is InChI=1S/C16H24N2O2.ClH/c1-12(10-17-2)16(19)18(14-8-9-14)11-13-6-4-5-7-15(13)20-3;/h4-7,12,14,17H,8-11H2,1-3H3;1H. The van der Waals surface area contributed by atoms with Crippen LogP contribution in [-0.2, 0) is 11.3 Å². The molecule has 4 nitrogen and oxygen atoms in total. The molecule has 1 aromatic rings. The van der Waals surface area contributed by atoms with Crippen LogP contribution in [0.3, 0.4) is 0 Å². The van der Waals surface area contributed by atoms with Gasteiger partial charge in [-0.3, -0.25) is 4.79 Å². The van der Waals surface area contributed by atoms with Crippen LogP contribution in [0.1, 0.15) is 25.3 Å². The molecule has 2 rings (SSSR count). The van der Waals surface area contributed by atoms with E-state index in [4.69, 9.17) is 4.74 Å². The third kappa shape index (κ3) is 4.61. The number of nitrogens with one attached hydrogen (secondary N) is 1. The molecule has 0 radical (unpaired) electrons. The van der Waals surface area contributed by atoms with Gasteiger partial charge in [0.15, 0.2) is 0 Å². The van der Waals surface area contributed by atoms with Crippen molar-refractivity contribution in [3.05, 3.63) is 29.8 Å². The molecule has 0 aliphatic heterocycles. The number of carbonyl (C=O) groups is 1. The van der Waals surface area contributed by atoms with Crippen molar-refractivity contribution in [2.24, 2.45) is 5.92 Å². The summed E-state index contributed by atoms with van der Waals surface area (Å²) in [6.07, 6.45) is 2.24. The van der Waals surface area contributed by atoms with Gasteiger partial charge in [-0.25, -0.2) is 0 Å². The maximum absolute atomic E-state index is 12.6. The van der Waals surface area contributed by atoms with E-state index >= 15 is 0 Å². The quantitative estimate of drug-likeness (QED) is 0.841. The van der Waals surface area contributed by atoms with Crippen LogP contribution >= 0.6 is 12.4 Å². The Morgan fingerprint density at radius 2 is 2.10 bits per heavy atom. The molecule has 1 atom stereocenters. The van der Waals surface area contributed by atoms with Gasteiger partial charge in [0, 0.05) is 30.6 Å². The van der Waals surface area contributed by atoms with Gasteiger partial charge in [-0.05, 0) is 26.0 Å². The SMILES string of the molecule is CNCC(C)C(=O)N(Cc1ccccc1OC)C1CC1.Cl. The lowest BCUT2D eigenvalue weighted by Gasteiger charge is -2.26. The van der Waals surface area contributed by atoms with Crippen LogP contribution < -0.4 is 10.1 Å². The van der Waals surface area contributed by atoms with Gasteiger partial charge in [-0.2, -0.15) is 0 Å². The van der Waals surface area contributed by atoms with Crippen LogP contribution in [0.2, 0.25) is 0 Å². The number of hydrogen-bond acceptors (Lipinski definition) is 3. The van der Waals surface area contributed by atoms with E-state index in [0.717, 1.165) is 24.2 Å². The number of para-hydroxylation sites is 1. The molecule has 1 aliphatic rings. The van der Waals surface area contributed by atoms with Crippen molar-refractivity contribution >= 4 is 18.3 Å². The average molecular weight is 313 g/mol. The van der Waals surface area contributed by atoms with Crippen molar-refractivity contribution in [3.8, 4) is 5.75 Å². The van der Waals surface area contributed by atoms with Crippen LogP contribution in [0.25, 0.3) is 0 Å². The molecule has 0 spiro atoms. The minimum absolute atomic E-state index is 0. The van der Waals surface area contributed by atoms with Gasteiger partial charge in [0.25, 0.3) is 0 Å². The highest BCUT2D eigenvalue weighted by Gasteiger charge is 2.34. The summed E-state index contributed by atoms with van der Waals surface area (Å²) in [4.78, 5) is 14.6. The molecule has 1 aromatic carbocycles. The summed E-state index contributed by atoms with van der Waals surface area (Å²) in [5.74, 6) is 1.09. The zero-order chi connectivity index (χ0) is 14.5. The maximum Gasteiger partial charge on any atom is 0.227 e. The van der Waals surface area contributed by atoms with Crippen molar-refractivity contribution in [2.75, 3.05) is 20.7 Å². The van der Waals surface area contributed by atoms with E-state index in [2.05, 4.69) is 5.32 Å². The van der Waals surface area contributed by atoms with E-state index in [9.17, 15) is 4.79 Å². The highest BCUT2D eigenvalue weighted by molar-refractivity contribution is 5.85. The zero-order valence-corrected chi connectivity index (χ0v) is 13.8. The van der Waals surface area contributed by atoms with Crippen LogP contribution in [0, 0.1) is 5.92 Å². The number of benzene rings is 1. The molecule has 0 aromatic heterocycles. The smallest absolute Gasteiger partial charge is 0.227 e. The second-order valence-corrected chi connectivity index (χ2v) is 5.47. The predicted octanol–water partition coefficient (Wildman–Crippen LogP) is 2.46. The molecule has 1 unspecified atom stereocenters. The molecule has 0 saturated heterocycles. The van der Waals surface area contributed by atoms with E-state index in [1.807, 2.05) is 43.1 Å². The van der Waals surface area contributed by atoms with Gasteiger partial charge in [0.05, 0.1) is 7.11 Å². The highest BCUT2D eigenvalue weighted by atomic mass is 35.5. The Morgan fingerprint density at radius 1 is 1.43 bits per heavy atom. The van der Waals surface area contributed by atoms with Crippen molar-refractivity contribution in [1.29, 1.82) is 0 Å². The predicted molar refractivity (Wildman–Crippen MR) is 86.9 cm³/mol. The molecule has 5 heteroatoms. The van der Waals surface area contributed by atoms with E-state index in [1.54, 1.807) is 7.11 Å². The average Bonchev–Trinajstić information content (AvgIpc) is 3.29. The van der Waals surface area contributed by atoms with Crippen LogP contribution in [0.4, 0.5) is 0 Å². The van der Waals surface area contributed by atoms with Gasteiger partial charge in [0.2, 0.25) is 5.91 Å². The Labute approximate surface area is 133 Å². The minimum atomic E-state index is 0. The lowest BCUT2D eigenvalue weighted by atomic mass is 10.1. The number of ether oxygens (including phenoxy) is 1. The van der Waals surface area contributed by atoms with Gasteiger partial charge in [-0.1, -0.05) is 25.1 Å². The van der Waals surface area contributed by atoms with Crippen molar-refractivity contribution < 1.29 is 9.53 Å². The molecular weight excluding hydrogens is 288 g/mol. The fourth-order valence-electron chi connectivity index (χ4n) is 2.47. The number of halogens is 1. The fraction of sp³-hybridized carbons (Fsp3) is 0.562. The summed E-state index contributed by atoms with van der Waals surface area (Å²) in [6.45, 7) is 3.34. The number of amides is 1.